The van der Waals surface area contributed by atoms with E-state index in [0.29, 0.717) is 49.9 Å². The standard InChI is InChI=1S/C50H66N8O8/c1-11-42(60)56-19-17-33(26-56)47(62)55(9)44(29(3)4)46(61)51-40-22-31-20-34(23-35(59)21-31)32-15-16-41-36(24-32)37(45(57(41)12-2)38-27-54(8)53-43(38)30(5)65-10)25-50(6,7)28-66-49(64)39-14-13-18-58(52-39)48(40)63/h11,15-16,20-21,23-24,27,29-30,33,39-40,44,52,59H,1,12-14,17-19,22,25-26,28H2,2-10H3,(H,51,61)/t30-,33-,39-,40-,44?/m0/s1. The molecule has 5 heterocycles. The number of phenolic OH excluding ortho intramolecular Hbond substituents is 1. The average Bonchev–Trinajstić information content (AvgIpc) is 4.02. The van der Waals surface area contributed by atoms with Crippen molar-refractivity contribution < 1.29 is 38.6 Å². The highest BCUT2D eigenvalue weighted by atomic mass is 16.5. The number of ether oxygens (including phenoxy) is 2. The van der Waals surface area contributed by atoms with Crippen LogP contribution in [0.2, 0.25) is 0 Å². The van der Waals surface area contributed by atoms with E-state index in [1.165, 1.54) is 16.0 Å². The zero-order chi connectivity index (χ0) is 47.8. The van der Waals surface area contributed by atoms with Gasteiger partial charge in [-0.3, -0.25) is 33.7 Å². The van der Waals surface area contributed by atoms with Crippen molar-refractivity contribution in [3.05, 3.63) is 72.1 Å². The van der Waals surface area contributed by atoms with Crippen molar-refractivity contribution in [2.45, 2.75) is 104 Å². The normalized spacial score (nSPS) is 21.0. The van der Waals surface area contributed by atoms with E-state index in [0.717, 1.165) is 39.0 Å². The van der Waals surface area contributed by atoms with E-state index >= 15 is 0 Å². The quantitative estimate of drug-likeness (QED) is 0.140. The first-order valence-electron chi connectivity index (χ1n) is 23.1. The Hall–Kier alpha value is -6.00. The van der Waals surface area contributed by atoms with Gasteiger partial charge in [0.05, 0.1) is 24.3 Å². The number of hydrogen-bond acceptors (Lipinski definition) is 10. The molecule has 5 atom stereocenters. The van der Waals surface area contributed by atoms with Crippen molar-refractivity contribution in [1.29, 1.82) is 0 Å². The minimum atomic E-state index is -1.16. The summed E-state index contributed by atoms with van der Waals surface area (Å²) in [6, 6.07) is 8.50. The van der Waals surface area contributed by atoms with Crippen molar-refractivity contribution in [1.82, 2.24) is 39.9 Å². The molecule has 1 unspecified atom stereocenters. The first-order chi connectivity index (χ1) is 31.3. The van der Waals surface area contributed by atoms with Crippen molar-refractivity contribution in [2.24, 2.45) is 24.3 Å². The first-order valence-corrected chi connectivity index (χ1v) is 23.1. The van der Waals surface area contributed by atoms with Gasteiger partial charge < -0.3 is 34.3 Å². The van der Waals surface area contributed by atoms with Crippen molar-refractivity contribution in [2.75, 3.05) is 40.4 Å². The van der Waals surface area contributed by atoms with Gasteiger partial charge in [-0.15, -0.1) is 0 Å². The second kappa shape index (κ2) is 19.5. The molecule has 16 nitrogen and oxygen atoms in total. The number of likely N-dealkylation sites (N-methyl/N-ethyl adjacent to an activating group) is 1. The van der Waals surface area contributed by atoms with Crippen LogP contribution in [0.4, 0.5) is 0 Å². The van der Waals surface area contributed by atoms with Gasteiger partial charge in [0, 0.05) is 81.9 Å². The van der Waals surface area contributed by atoms with Crippen LogP contribution in [-0.2, 0) is 59.9 Å². The Bertz CT molecular complexity index is 2520. The number of likely N-dealkylation sites (tertiary alicyclic amines) is 1. The molecule has 0 aliphatic carbocycles. The minimum absolute atomic E-state index is 0.0114. The Labute approximate surface area is 387 Å². The third-order valence-electron chi connectivity index (χ3n) is 13.4. The highest BCUT2D eigenvalue weighted by molar-refractivity contribution is 5.96. The number of carbonyl (C=O) groups is 5. The molecule has 2 fully saturated rings. The number of aromatic hydroxyl groups is 1. The molecule has 2 aromatic carbocycles. The second-order valence-electron chi connectivity index (χ2n) is 19.3. The highest BCUT2D eigenvalue weighted by Crippen LogP contribution is 2.42. The number of methoxy groups -OCH3 is 1. The maximum atomic E-state index is 14.7. The third kappa shape index (κ3) is 9.75. The highest BCUT2D eigenvalue weighted by Gasteiger charge is 2.40. The van der Waals surface area contributed by atoms with Gasteiger partial charge in [-0.1, -0.05) is 46.4 Å². The molecule has 354 valence electrons. The lowest BCUT2D eigenvalue weighted by Crippen LogP contribution is -2.62. The van der Waals surface area contributed by atoms with Crippen molar-refractivity contribution in [3.8, 4) is 28.1 Å². The Morgan fingerprint density at radius 2 is 1.86 bits per heavy atom. The molecule has 2 aromatic heterocycles. The zero-order valence-corrected chi connectivity index (χ0v) is 39.8. The number of aryl methyl sites for hydroxylation is 2. The topological polar surface area (TPSA) is 181 Å². The number of cyclic esters (lactones) is 1. The van der Waals surface area contributed by atoms with E-state index in [4.69, 9.17) is 14.6 Å². The summed E-state index contributed by atoms with van der Waals surface area (Å²) in [5, 5.41) is 21.5. The van der Waals surface area contributed by atoms with E-state index in [-0.39, 0.29) is 55.7 Å². The van der Waals surface area contributed by atoms with Crippen molar-refractivity contribution in [3.63, 3.8) is 0 Å². The SMILES string of the molecule is C=CC(=O)N1CC[C@H](C(=O)N(C)C(C(=O)N[C@H]2Cc3cc(O)cc(c3)-c3ccc4c(c3)c(c(-c3cn(C)nc3[C@H](C)OC)n4CC)CC(C)(C)COC(=O)[C@@H]3CCCN(N3)C2=O)C(C)C)C1. The number of hydrogen-bond donors (Lipinski definition) is 3. The predicted octanol–water partition coefficient (Wildman–Crippen LogP) is 5.31. The summed E-state index contributed by atoms with van der Waals surface area (Å²) < 4.78 is 16.0. The van der Waals surface area contributed by atoms with E-state index in [9.17, 15) is 29.1 Å². The van der Waals surface area contributed by atoms with Crippen LogP contribution in [0.15, 0.2) is 55.3 Å². The fraction of sp³-hybridized carbons (Fsp3) is 0.520. The van der Waals surface area contributed by atoms with Gasteiger partial charge in [0.25, 0.3) is 5.91 Å². The summed E-state index contributed by atoms with van der Waals surface area (Å²) in [5.74, 6) is -2.87. The molecular formula is C50H66N8O8. The number of phenols is 1. The van der Waals surface area contributed by atoms with Gasteiger partial charge in [-0.05, 0) is 98.0 Å². The molecular weight excluding hydrogens is 841 g/mol. The number of hydrazine groups is 1. The number of rotatable bonds is 10. The van der Waals surface area contributed by atoms with Crippen LogP contribution in [0.3, 0.4) is 0 Å². The summed E-state index contributed by atoms with van der Waals surface area (Å²) in [5.41, 5.74) is 9.52. The van der Waals surface area contributed by atoms with Gasteiger partial charge >= 0.3 is 5.97 Å². The Morgan fingerprint density at radius 3 is 2.56 bits per heavy atom. The molecule has 0 spiro atoms. The molecule has 0 saturated carbocycles. The Morgan fingerprint density at radius 1 is 1.11 bits per heavy atom. The van der Waals surface area contributed by atoms with Crippen LogP contribution in [0.1, 0.15) is 83.7 Å². The number of esters is 1. The van der Waals surface area contributed by atoms with Crippen molar-refractivity contribution >= 4 is 40.5 Å². The number of nitrogens with one attached hydrogen (secondary N) is 2. The van der Waals surface area contributed by atoms with Crippen LogP contribution in [0.5, 0.6) is 5.75 Å². The maximum Gasteiger partial charge on any atom is 0.324 e. The van der Waals surface area contributed by atoms with Crippen LogP contribution >= 0.6 is 0 Å². The molecule has 7 rings (SSSR count). The zero-order valence-electron chi connectivity index (χ0n) is 39.8. The minimum Gasteiger partial charge on any atom is -0.508 e. The molecule has 3 aliphatic heterocycles. The largest absolute Gasteiger partial charge is 0.508 e. The maximum absolute atomic E-state index is 14.7. The van der Waals surface area contributed by atoms with Crippen LogP contribution in [-0.4, -0.2) is 122 Å². The van der Waals surface area contributed by atoms with E-state index < -0.39 is 47.2 Å². The van der Waals surface area contributed by atoms with Gasteiger partial charge in [-0.25, -0.2) is 5.43 Å². The van der Waals surface area contributed by atoms with Gasteiger partial charge in [0.2, 0.25) is 17.7 Å². The average molecular weight is 907 g/mol. The lowest BCUT2D eigenvalue weighted by molar-refractivity contribution is -0.155. The number of carbonyl (C=O) groups excluding carboxylic acids is 5. The smallest absolute Gasteiger partial charge is 0.324 e. The molecule has 3 N–H and O–H groups in total. The number of fused-ring (bicyclic) bond motifs is 6. The fourth-order valence-electron chi connectivity index (χ4n) is 10.0. The lowest BCUT2D eigenvalue weighted by atomic mass is 9.84. The molecule has 0 radical (unpaired) electrons. The number of aromatic nitrogens is 3. The molecule has 3 aliphatic rings. The van der Waals surface area contributed by atoms with E-state index in [1.807, 2.05) is 46.1 Å². The molecule has 4 amide bonds. The number of amides is 4. The molecule has 16 heteroatoms. The van der Waals surface area contributed by atoms with Crippen LogP contribution in [0, 0.1) is 17.3 Å². The van der Waals surface area contributed by atoms with Gasteiger partial charge in [0.1, 0.15) is 29.6 Å². The summed E-state index contributed by atoms with van der Waals surface area (Å²) in [7, 11) is 5.15. The summed E-state index contributed by atoms with van der Waals surface area (Å²) >= 11 is 0. The molecule has 6 bridgehead atoms. The summed E-state index contributed by atoms with van der Waals surface area (Å²) in [6.45, 7) is 17.1. The lowest BCUT2D eigenvalue weighted by Gasteiger charge is -2.37. The van der Waals surface area contributed by atoms with E-state index in [1.54, 1.807) is 35.9 Å². The predicted molar refractivity (Wildman–Crippen MR) is 251 cm³/mol. The molecule has 4 aromatic rings. The van der Waals surface area contributed by atoms with Crippen LogP contribution in [0.25, 0.3) is 33.3 Å². The summed E-state index contributed by atoms with van der Waals surface area (Å²) in [4.78, 5) is 72.4. The van der Waals surface area contributed by atoms with E-state index in [2.05, 4.69) is 54.8 Å². The second-order valence-corrected chi connectivity index (χ2v) is 19.3. The first kappa shape index (κ1) is 47.9. The fourth-order valence-corrected chi connectivity index (χ4v) is 10.0. The number of nitrogens with zero attached hydrogens (tertiary/aromatic N) is 6. The van der Waals surface area contributed by atoms with Gasteiger partial charge in [0.15, 0.2) is 0 Å². The Kier molecular flexibility index (Phi) is 14.1. The van der Waals surface area contributed by atoms with Crippen LogP contribution < -0.4 is 10.7 Å². The third-order valence-corrected chi connectivity index (χ3v) is 13.4. The Balaban J connectivity index is 1.31. The monoisotopic (exact) mass is 907 g/mol. The summed E-state index contributed by atoms with van der Waals surface area (Å²) in [6.07, 6.45) is 4.90. The number of benzene rings is 2. The molecule has 2 saturated heterocycles. The molecule has 66 heavy (non-hydrogen) atoms. The van der Waals surface area contributed by atoms with Gasteiger partial charge in [-0.2, -0.15) is 5.10 Å².